The van der Waals surface area contributed by atoms with Crippen LogP contribution in [0, 0.1) is 11.3 Å². The first kappa shape index (κ1) is 12.1. The van der Waals surface area contributed by atoms with Crippen LogP contribution in [0.2, 0.25) is 0 Å². The Labute approximate surface area is 108 Å². The van der Waals surface area contributed by atoms with Crippen LogP contribution in [-0.4, -0.2) is 18.2 Å². The zero-order valence-electron chi connectivity index (χ0n) is 9.51. The zero-order valence-corrected chi connectivity index (χ0v) is 10.3. The summed E-state index contributed by atoms with van der Waals surface area (Å²) in [7, 11) is 1.51. The summed E-state index contributed by atoms with van der Waals surface area (Å²) in [5.74, 6) is -0.431. The number of rotatable bonds is 3. The molecule has 0 saturated heterocycles. The topological polar surface area (TPSA) is 70.3 Å². The molecule has 0 unspecified atom stereocenters. The highest BCUT2D eigenvalue weighted by molar-refractivity contribution is 7.12. The van der Waals surface area contributed by atoms with E-state index in [1.54, 1.807) is 29.6 Å². The van der Waals surface area contributed by atoms with Gasteiger partial charge in [0, 0.05) is 11.1 Å². The predicted octanol–water partition coefficient (Wildman–Crippen LogP) is 2.99. The lowest BCUT2D eigenvalue weighted by molar-refractivity contribution is 0.0703. The van der Waals surface area contributed by atoms with Gasteiger partial charge < -0.3 is 9.84 Å². The van der Waals surface area contributed by atoms with E-state index in [9.17, 15) is 4.79 Å². The Morgan fingerprint density at radius 1 is 1.39 bits per heavy atom. The molecule has 1 heterocycles. The average Bonchev–Trinajstić information content (AvgIpc) is 2.87. The fourth-order valence-electron chi connectivity index (χ4n) is 1.67. The number of nitriles is 1. The third-order valence-corrected chi connectivity index (χ3v) is 3.38. The third kappa shape index (κ3) is 2.06. The van der Waals surface area contributed by atoms with Crippen LogP contribution in [0.15, 0.2) is 29.6 Å². The lowest BCUT2D eigenvalue weighted by atomic mass is 10.0. The first-order chi connectivity index (χ1) is 8.67. The first-order valence-corrected chi connectivity index (χ1v) is 5.94. The van der Waals surface area contributed by atoms with Gasteiger partial charge in [0.05, 0.1) is 18.7 Å². The molecule has 1 aromatic heterocycles. The van der Waals surface area contributed by atoms with E-state index >= 15 is 0 Å². The van der Waals surface area contributed by atoms with Gasteiger partial charge in [0.15, 0.2) is 0 Å². The maximum absolute atomic E-state index is 11.1. The Morgan fingerprint density at radius 2 is 2.17 bits per heavy atom. The molecule has 0 fully saturated rings. The number of carboxylic acids is 1. The van der Waals surface area contributed by atoms with Crippen molar-refractivity contribution in [3.05, 3.63) is 40.1 Å². The minimum atomic E-state index is -0.982. The molecule has 0 spiro atoms. The van der Waals surface area contributed by atoms with Crippen molar-refractivity contribution in [3.63, 3.8) is 0 Å². The van der Waals surface area contributed by atoms with Gasteiger partial charge in [0.1, 0.15) is 10.6 Å². The molecule has 0 aliphatic heterocycles. The fraction of sp³-hybridized carbons (Fsp3) is 0.0769. The van der Waals surface area contributed by atoms with Crippen molar-refractivity contribution in [1.82, 2.24) is 0 Å². The second-order valence-corrected chi connectivity index (χ2v) is 4.41. The number of carboxylic acid groups (broad SMARTS) is 1. The van der Waals surface area contributed by atoms with E-state index in [4.69, 9.17) is 15.1 Å². The van der Waals surface area contributed by atoms with Crippen LogP contribution in [0.3, 0.4) is 0 Å². The molecule has 90 valence electrons. The predicted molar refractivity (Wildman–Crippen MR) is 68.0 cm³/mol. The molecule has 0 aliphatic carbocycles. The monoisotopic (exact) mass is 259 g/mol. The fourth-order valence-corrected chi connectivity index (χ4v) is 2.42. The lowest BCUT2D eigenvalue weighted by Gasteiger charge is -2.08. The van der Waals surface area contributed by atoms with Crippen LogP contribution in [0.1, 0.15) is 15.2 Å². The minimum Gasteiger partial charge on any atom is -0.496 e. The number of thiophene rings is 1. The Kier molecular flexibility index (Phi) is 3.31. The molecule has 0 saturated carbocycles. The molecule has 0 bridgehead atoms. The van der Waals surface area contributed by atoms with Crippen LogP contribution >= 0.6 is 11.3 Å². The van der Waals surface area contributed by atoms with Crippen molar-refractivity contribution in [2.24, 2.45) is 0 Å². The molecule has 0 atom stereocenters. The summed E-state index contributed by atoms with van der Waals surface area (Å²) in [6.45, 7) is 0. The van der Waals surface area contributed by atoms with Gasteiger partial charge in [-0.2, -0.15) is 5.26 Å². The van der Waals surface area contributed by atoms with Crippen molar-refractivity contribution in [2.75, 3.05) is 7.11 Å². The summed E-state index contributed by atoms with van der Waals surface area (Å²) in [6.07, 6.45) is 0. The average molecular weight is 259 g/mol. The van der Waals surface area contributed by atoms with Crippen molar-refractivity contribution in [2.45, 2.75) is 0 Å². The SMILES string of the molecule is COc1ccc(C#N)cc1-c1ccsc1C(=O)O. The van der Waals surface area contributed by atoms with E-state index in [1.165, 1.54) is 7.11 Å². The molecule has 5 heteroatoms. The van der Waals surface area contributed by atoms with Crippen LogP contribution in [-0.2, 0) is 0 Å². The lowest BCUT2D eigenvalue weighted by Crippen LogP contribution is -1.96. The Morgan fingerprint density at radius 3 is 2.78 bits per heavy atom. The Hall–Kier alpha value is -2.32. The van der Waals surface area contributed by atoms with Gasteiger partial charge in [-0.25, -0.2) is 4.79 Å². The third-order valence-electron chi connectivity index (χ3n) is 2.48. The smallest absolute Gasteiger partial charge is 0.346 e. The van der Waals surface area contributed by atoms with E-state index in [0.717, 1.165) is 11.3 Å². The number of carbonyl (C=O) groups is 1. The van der Waals surface area contributed by atoms with E-state index in [-0.39, 0.29) is 4.88 Å². The van der Waals surface area contributed by atoms with Gasteiger partial charge in [0.2, 0.25) is 0 Å². The quantitative estimate of drug-likeness (QED) is 0.919. The highest BCUT2D eigenvalue weighted by Gasteiger charge is 2.16. The first-order valence-electron chi connectivity index (χ1n) is 5.06. The molecule has 0 radical (unpaired) electrons. The number of ether oxygens (including phenoxy) is 1. The molecular weight excluding hydrogens is 250 g/mol. The van der Waals surface area contributed by atoms with Gasteiger partial charge in [-0.15, -0.1) is 11.3 Å². The highest BCUT2D eigenvalue weighted by Crippen LogP contribution is 2.35. The van der Waals surface area contributed by atoms with Crippen molar-refractivity contribution in [1.29, 1.82) is 5.26 Å². The second kappa shape index (κ2) is 4.90. The number of aromatic carboxylic acids is 1. The van der Waals surface area contributed by atoms with E-state index < -0.39 is 5.97 Å². The largest absolute Gasteiger partial charge is 0.496 e. The maximum atomic E-state index is 11.1. The summed E-state index contributed by atoms with van der Waals surface area (Å²) in [6, 6.07) is 8.68. The molecule has 4 nitrogen and oxygen atoms in total. The number of hydrogen-bond donors (Lipinski definition) is 1. The molecule has 2 rings (SSSR count). The molecule has 0 aliphatic rings. The van der Waals surface area contributed by atoms with Crippen molar-refractivity contribution < 1.29 is 14.6 Å². The molecule has 1 N–H and O–H groups in total. The van der Waals surface area contributed by atoms with Crippen LogP contribution in [0.5, 0.6) is 5.75 Å². The minimum absolute atomic E-state index is 0.239. The van der Waals surface area contributed by atoms with E-state index in [1.807, 2.05) is 6.07 Å². The summed E-state index contributed by atoms with van der Waals surface area (Å²) in [5, 5.41) is 19.7. The van der Waals surface area contributed by atoms with Gasteiger partial charge >= 0.3 is 5.97 Å². The Bertz CT molecular complexity index is 640. The maximum Gasteiger partial charge on any atom is 0.346 e. The number of hydrogen-bond acceptors (Lipinski definition) is 4. The molecule has 1 aromatic carbocycles. The summed E-state index contributed by atoms with van der Waals surface area (Å²) in [5.41, 5.74) is 1.66. The Balaban J connectivity index is 2.65. The van der Waals surface area contributed by atoms with E-state index in [2.05, 4.69) is 0 Å². The zero-order chi connectivity index (χ0) is 13.1. The molecular formula is C13H9NO3S. The van der Waals surface area contributed by atoms with Crippen LogP contribution in [0.25, 0.3) is 11.1 Å². The standard InChI is InChI=1S/C13H9NO3S/c1-17-11-3-2-8(7-14)6-10(11)9-4-5-18-12(9)13(15)16/h2-6H,1H3,(H,15,16). The summed E-state index contributed by atoms with van der Waals surface area (Å²) in [4.78, 5) is 11.4. The number of nitrogens with zero attached hydrogens (tertiary/aromatic N) is 1. The second-order valence-electron chi connectivity index (χ2n) is 3.50. The number of methoxy groups -OCH3 is 1. The molecule has 18 heavy (non-hydrogen) atoms. The van der Waals surface area contributed by atoms with Crippen molar-refractivity contribution in [3.8, 4) is 22.9 Å². The van der Waals surface area contributed by atoms with Crippen molar-refractivity contribution >= 4 is 17.3 Å². The number of benzene rings is 1. The normalized spacial score (nSPS) is 9.78. The van der Waals surface area contributed by atoms with E-state index in [0.29, 0.717) is 22.4 Å². The van der Waals surface area contributed by atoms with Gasteiger partial charge in [0.25, 0.3) is 0 Å². The highest BCUT2D eigenvalue weighted by atomic mass is 32.1. The van der Waals surface area contributed by atoms with Crippen LogP contribution < -0.4 is 4.74 Å². The molecule has 0 amide bonds. The molecule has 2 aromatic rings. The van der Waals surface area contributed by atoms with Gasteiger partial charge in [-0.1, -0.05) is 0 Å². The summed E-state index contributed by atoms with van der Waals surface area (Å²) >= 11 is 1.15. The van der Waals surface area contributed by atoms with Gasteiger partial charge in [-0.05, 0) is 29.6 Å². The van der Waals surface area contributed by atoms with Gasteiger partial charge in [-0.3, -0.25) is 0 Å². The summed E-state index contributed by atoms with van der Waals surface area (Å²) < 4.78 is 5.21. The van der Waals surface area contributed by atoms with Crippen LogP contribution in [0.4, 0.5) is 0 Å².